The third-order valence-corrected chi connectivity index (χ3v) is 6.82. The van der Waals surface area contributed by atoms with Gasteiger partial charge >= 0.3 is 0 Å². The van der Waals surface area contributed by atoms with Gasteiger partial charge in [-0.3, -0.25) is 0 Å². The van der Waals surface area contributed by atoms with Crippen LogP contribution in [-0.4, -0.2) is 0 Å². The fourth-order valence-corrected chi connectivity index (χ4v) is 4.74. The van der Waals surface area contributed by atoms with Crippen LogP contribution in [0.5, 0.6) is 0 Å². The molecule has 0 saturated carbocycles. The van der Waals surface area contributed by atoms with Crippen molar-refractivity contribution in [2.45, 2.75) is 0 Å². The van der Waals surface area contributed by atoms with E-state index in [0.717, 1.165) is 20.2 Å². The molecule has 19 heavy (non-hydrogen) atoms. The zero-order chi connectivity index (χ0) is 13.9. The monoisotopic (exact) mass is 388 g/mol. The van der Waals surface area contributed by atoms with Crippen molar-refractivity contribution in [1.82, 2.24) is 0 Å². The maximum absolute atomic E-state index is 6.27. The first-order chi connectivity index (χ1) is 8.93. The van der Waals surface area contributed by atoms with Crippen molar-refractivity contribution >= 4 is 101 Å². The van der Waals surface area contributed by atoms with Gasteiger partial charge in [0.25, 0.3) is 0 Å². The molecule has 3 rings (SSSR count). The number of thiophene rings is 1. The molecule has 1 aromatic heterocycles. The lowest BCUT2D eigenvalue weighted by Crippen LogP contribution is -1.77. The lowest BCUT2D eigenvalue weighted by atomic mass is 10.1. The highest BCUT2D eigenvalue weighted by Crippen LogP contribution is 2.51. The second kappa shape index (κ2) is 4.99. The normalized spacial score (nSPS) is 11.7. The SMILES string of the molecule is Clc1ccc2c(sc3c(Cl)c(Cl)c(Cl)c(Cl)c32)c1Cl. The number of benzene rings is 2. The maximum Gasteiger partial charge on any atom is 0.0808 e. The summed E-state index contributed by atoms with van der Waals surface area (Å²) < 4.78 is 1.56. The number of halogens is 6. The summed E-state index contributed by atoms with van der Waals surface area (Å²) in [4.78, 5) is 0. The zero-order valence-electron chi connectivity index (χ0n) is 8.83. The minimum absolute atomic E-state index is 0.242. The van der Waals surface area contributed by atoms with Gasteiger partial charge in [0.2, 0.25) is 0 Å². The van der Waals surface area contributed by atoms with Crippen LogP contribution in [0.4, 0.5) is 0 Å². The Kier molecular flexibility index (Phi) is 3.77. The smallest absolute Gasteiger partial charge is 0.0808 e. The van der Waals surface area contributed by atoms with Gasteiger partial charge in [-0.2, -0.15) is 0 Å². The van der Waals surface area contributed by atoms with E-state index in [-0.39, 0.29) is 10.0 Å². The van der Waals surface area contributed by atoms with Gasteiger partial charge in [0, 0.05) is 10.8 Å². The molecule has 0 amide bonds. The molecule has 3 aromatic rings. The average Bonchev–Trinajstić information content (AvgIpc) is 2.78. The molecule has 0 fully saturated rings. The van der Waals surface area contributed by atoms with Gasteiger partial charge in [0.05, 0.1) is 39.5 Å². The Bertz CT molecular complexity index is 836. The fraction of sp³-hybridized carbons (Fsp3) is 0. The van der Waals surface area contributed by atoms with Gasteiger partial charge in [0.1, 0.15) is 0 Å². The number of hydrogen-bond donors (Lipinski definition) is 0. The molecule has 7 heteroatoms. The molecule has 1 heterocycles. The van der Waals surface area contributed by atoms with Gasteiger partial charge in [-0.1, -0.05) is 75.7 Å². The average molecular weight is 391 g/mol. The molecule has 2 aromatic carbocycles. The van der Waals surface area contributed by atoms with E-state index < -0.39 is 0 Å². The molecule has 0 saturated heterocycles. The first-order valence-corrected chi connectivity index (χ1v) is 8.04. The van der Waals surface area contributed by atoms with Crippen molar-refractivity contribution in [3.8, 4) is 0 Å². The van der Waals surface area contributed by atoms with Crippen LogP contribution in [0, 0.1) is 0 Å². The third kappa shape index (κ3) is 2.03. The molecule has 0 aliphatic carbocycles. The molecular formula is C12H2Cl6S. The van der Waals surface area contributed by atoms with E-state index in [1.54, 1.807) is 6.07 Å². The highest BCUT2D eigenvalue weighted by Gasteiger charge is 2.20. The Labute approximate surface area is 142 Å². The summed E-state index contributed by atoms with van der Waals surface area (Å²) in [5.74, 6) is 0. The number of hydrogen-bond acceptors (Lipinski definition) is 1. The van der Waals surface area contributed by atoms with Crippen LogP contribution in [0.1, 0.15) is 0 Å². The van der Waals surface area contributed by atoms with E-state index in [9.17, 15) is 0 Å². The Hall–Kier alpha value is 0.400. The Morgan fingerprint density at radius 3 is 1.95 bits per heavy atom. The van der Waals surface area contributed by atoms with Crippen molar-refractivity contribution in [1.29, 1.82) is 0 Å². The van der Waals surface area contributed by atoms with Crippen molar-refractivity contribution in [2.75, 3.05) is 0 Å². The van der Waals surface area contributed by atoms with Crippen LogP contribution in [-0.2, 0) is 0 Å². The van der Waals surface area contributed by atoms with Crippen molar-refractivity contribution < 1.29 is 0 Å². The second-order valence-electron chi connectivity index (χ2n) is 3.80. The van der Waals surface area contributed by atoms with E-state index in [1.807, 2.05) is 6.07 Å². The summed E-state index contributed by atoms with van der Waals surface area (Å²) in [6, 6.07) is 3.56. The summed E-state index contributed by atoms with van der Waals surface area (Å²) in [6.07, 6.45) is 0. The van der Waals surface area contributed by atoms with Gasteiger partial charge in [-0.25, -0.2) is 0 Å². The number of rotatable bonds is 0. The number of fused-ring (bicyclic) bond motifs is 3. The first kappa shape index (κ1) is 14.3. The maximum atomic E-state index is 6.27. The molecule has 0 N–H and O–H groups in total. The standard InChI is InChI=1S/C12H2Cl6S/c13-4-2-1-3-5-7(15)8(16)9(17)10(18)12(5)19-11(3)6(4)14/h1-2H. The Morgan fingerprint density at radius 1 is 0.632 bits per heavy atom. The molecule has 0 nitrogen and oxygen atoms in total. The minimum atomic E-state index is 0.242. The predicted octanol–water partition coefficient (Wildman–Crippen LogP) is 7.97. The first-order valence-electron chi connectivity index (χ1n) is 4.95. The van der Waals surface area contributed by atoms with Crippen molar-refractivity contribution in [3.05, 3.63) is 42.3 Å². The lowest BCUT2D eigenvalue weighted by molar-refractivity contribution is 1.82. The summed E-state index contributed by atoms with van der Waals surface area (Å²) >= 11 is 38.3. The molecule has 0 bridgehead atoms. The largest absolute Gasteiger partial charge is 0.132 e. The van der Waals surface area contributed by atoms with E-state index in [4.69, 9.17) is 69.6 Å². The molecule has 0 aliphatic rings. The highest BCUT2D eigenvalue weighted by atomic mass is 35.5. The molecule has 0 unspecified atom stereocenters. The summed E-state index contributed by atoms with van der Waals surface area (Å²) in [7, 11) is 0. The molecule has 0 spiro atoms. The van der Waals surface area contributed by atoms with Crippen molar-refractivity contribution in [3.63, 3.8) is 0 Å². The van der Waals surface area contributed by atoms with Gasteiger partial charge < -0.3 is 0 Å². The van der Waals surface area contributed by atoms with Crippen LogP contribution in [0.25, 0.3) is 20.2 Å². The van der Waals surface area contributed by atoms with Gasteiger partial charge in [-0.15, -0.1) is 11.3 Å². The van der Waals surface area contributed by atoms with E-state index in [0.29, 0.717) is 20.1 Å². The summed E-state index contributed by atoms with van der Waals surface area (Å²) in [5, 5.41) is 3.79. The third-order valence-electron chi connectivity index (χ3n) is 2.75. The molecule has 0 aliphatic heterocycles. The quantitative estimate of drug-likeness (QED) is 0.269. The topological polar surface area (TPSA) is 0 Å². The summed E-state index contributed by atoms with van der Waals surface area (Å²) in [6.45, 7) is 0. The van der Waals surface area contributed by atoms with Crippen LogP contribution in [0.2, 0.25) is 30.1 Å². The highest BCUT2D eigenvalue weighted by molar-refractivity contribution is 7.27. The van der Waals surface area contributed by atoms with E-state index >= 15 is 0 Å². The van der Waals surface area contributed by atoms with Crippen LogP contribution < -0.4 is 0 Å². The van der Waals surface area contributed by atoms with Crippen molar-refractivity contribution in [2.24, 2.45) is 0 Å². The zero-order valence-corrected chi connectivity index (χ0v) is 14.2. The fourth-order valence-electron chi connectivity index (χ4n) is 1.88. The molecular weight excluding hydrogens is 389 g/mol. The van der Waals surface area contributed by atoms with Gasteiger partial charge in [-0.05, 0) is 6.07 Å². The van der Waals surface area contributed by atoms with Crippen LogP contribution >= 0.6 is 80.9 Å². The molecule has 98 valence electrons. The van der Waals surface area contributed by atoms with E-state index in [1.165, 1.54) is 11.3 Å². The van der Waals surface area contributed by atoms with Crippen LogP contribution in [0.15, 0.2) is 12.1 Å². The minimum Gasteiger partial charge on any atom is -0.132 e. The second-order valence-corrected chi connectivity index (χ2v) is 7.12. The molecule has 0 radical (unpaired) electrons. The predicted molar refractivity (Wildman–Crippen MR) is 89.4 cm³/mol. The van der Waals surface area contributed by atoms with Crippen LogP contribution in [0.3, 0.4) is 0 Å². The Balaban J connectivity index is 2.66. The van der Waals surface area contributed by atoms with E-state index in [2.05, 4.69) is 0 Å². The van der Waals surface area contributed by atoms with Gasteiger partial charge in [0.15, 0.2) is 0 Å². The molecule has 0 atom stereocenters. The summed E-state index contributed by atoms with van der Waals surface area (Å²) in [5.41, 5.74) is 0. The Morgan fingerprint density at radius 2 is 1.26 bits per heavy atom. The lowest BCUT2D eigenvalue weighted by Gasteiger charge is -2.04.